The number of carbonyl (C=O) groups excluding carboxylic acids is 2. The number of hydrogen-bond donors (Lipinski definition) is 2. The summed E-state index contributed by atoms with van der Waals surface area (Å²) in [4.78, 5) is 31.6. The van der Waals surface area contributed by atoms with E-state index in [2.05, 4.69) is 15.3 Å². The number of likely N-dealkylation sites (N-methyl/N-ethyl adjacent to an activating group) is 1. The standard InChI is InChI=1S/C13H14N4O2/c1-17-11(18)5-10(13(17)19)15-6-8-7-16-12-9(8)3-2-4-14-12/h2-4,7,10,15H,5-6H2,1H3,(H,14,16). The largest absolute Gasteiger partial charge is 0.346 e. The van der Waals surface area contributed by atoms with E-state index in [9.17, 15) is 9.59 Å². The van der Waals surface area contributed by atoms with Gasteiger partial charge in [-0.2, -0.15) is 0 Å². The molecule has 2 amide bonds. The minimum atomic E-state index is -0.417. The van der Waals surface area contributed by atoms with E-state index in [0.29, 0.717) is 6.54 Å². The quantitative estimate of drug-likeness (QED) is 0.782. The summed E-state index contributed by atoms with van der Waals surface area (Å²) in [7, 11) is 1.52. The topological polar surface area (TPSA) is 78.1 Å². The Hall–Kier alpha value is -2.21. The summed E-state index contributed by atoms with van der Waals surface area (Å²) in [6.45, 7) is 0.531. The molecule has 3 rings (SSSR count). The predicted octanol–water partition coefficient (Wildman–Crippen LogP) is 0.410. The van der Waals surface area contributed by atoms with Gasteiger partial charge in [-0.25, -0.2) is 4.98 Å². The van der Waals surface area contributed by atoms with Crippen molar-refractivity contribution < 1.29 is 9.59 Å². The summed E-state index contributed by atoms with van der Waals surface area (Å²) in [5.41, 5.74) is 1.86. The van der Waals surface area contributed by atoms with Crippen molar-refractivity contribution >= 4 is 22.8 Å². The third-order valence-electron chi connectivity index (χ3n) is 3.46. The van der Waals surface area contributed by atoms with Gasteiger partial charge in [0.05, 0.1) is 12.5 Å². The summed E-state index contributed by atoms with van der Waals surface area (Å²) >= 11 is 0. The summed E-state index contributed by atoms with van der Waals surface area (Å²) < 4.78 is 0. The number of hydrogen-bond acceptors (Lipinski definition) is 4. The van der Waals surface area contributed by atoms with Gasteiger partial charge in [0.25, 0.3) is 0 Å². The molecular formula is C13H14N4O2. The Morgan fingerprint density at radius 3 is 3.11 bits per heavy atom. The molecule has 1 aliphatic heterocycles. The number of aromatic amines is 1. The summed E-state index contributed by atoms with van der Waals surface area (Å²) in [6, 6.07) is 3.43. The fourth-order valence-electron chi connectivity index (χ4n) is 2.31. The molecular weight excluding hydrogens is 244 g/mol. The Bertz CT molecular complexity index is 649. The second kappa shape index (κ2) is 4.47. The van der Waals surface area contributed by atoms with E-state index >= 15 is 0 Å². The van der Waals surface area contributed by atoms with E-state index in [-0.39, 0.29) is 18.2 Å². The highest BCUT2D eigenvalue weighted by Gasteiger charge is 2.35. The molecule has 1 unspecified atom stereocenters. The maximum atomic E-state index is 11.8. The lowest BCUT2D eigenvalue weighted by Gasteiger charge is -2.10. The van der Waals surface area contributed by atoms with Crippen molar-refractivity contribution in [1.29, 1.82) is 0 Å². The molecule has 2 N–H and O–H groups in total. The van der Waals surface area contributed by atoms with Crippen LogP contribution in [0.15, 0.2) is 24.5 Å². The molecule has 2 aromatic rings. The number of amides is 2. The van der Waals surface area contributed by atoms with Crippen LogP contribution in [0.5, 0.6) is 0 Å². The van der Waals surface area contributed by atoms with E-state index in [1.165, 1.54) is 11.9 Å². The molecule has 2 aromatic heterocycles. The van der Waals surface area contributed by atoms with Crippen LogP contribution in [0.3, 0.4) is 0 Å². The lowest BCUT2D eigenvalue weighted by atomic mass is 10.2. The zero-order valence-electron chi connectivity index (χ0n) is 10.5. The van der Waals surface area contributed by atoms with Crippen molar-refractivity contribution in [2.24, 2.45) is 0 Å². The normalized spacial score (nSPS) is 19.6. The van der Waals surface area contributed by atoms with Crippen molar-refractivity contribution in [3.8, 4) is 0 Å². The number of nitrogens with one attached hydrogen (secondary N) is 2. The number of pyridine rings is 1. The first kappa shape index (κ1) is 11.9. The summed E-state index contributed by atoms with van der Waals surface area (Å²) in [5.74, 6) is -0.300. The Kier molecular flexibility index (Phi) is 2.79. The van der Waals surface area contributed by atoms with Gasteiger partial charge >= 0.3 is 0 Å². The zero-order valence-corrected chi connectivity index (χ0v) is 10.5. The number of likely N-dealkylation sites (tertiary alicyclic amines) is 1. The van der Waals surface area contributed by atoms with Gasteiger partial charge in [0, 0.05) is 31.4 Å². The lowest BCUT2D eigenvalue weighted by molar-refractivity contribution is -0.137. The second-order valence-electron chi connectivity index (χ2n) is 4.64. The van der Waals surface area contributed by atoms with Gasteiger partial charge in [0.1, 0.15) is 5.65 Å². The SMILES string of the molecule is CN1C(=O)CC(NCc2c[nH]c3ncccc23)C1=O. The van der Waals surface area contributed by atoms with E-state index in [1.807, 2.05) is 18.3 Å². The molecule has 0 bridgehead atoms. The molecule has 0 aliphatic carbocycles. The molecule has 0 spiro atoms. The molecule has 98 valence electrons. The van der Waals surface area contributed by atoms with Gasteiger partial charge in [-0.05, 0) is 17.7 Å². The maximum absolute atomic E-state index is 11.8. The molecule has 3 heterocycles. The van der Waals surface area contributed by atoms with E-state index < -0.39 is 6.04 Å². The number of nitrogens with zero attached hydrogens (tertiary/aromatic N) is 2. The first-order valence-corrected chi connectivity index (χ1v) is 6.11. The molecule has 19 heavy (non-hydrogen) atoms. The molecule has 1 saturated heterocycles. The Balaban J connectivity index is 1.73. The van der Waals surface area contributed by atoms with Crippen LogP contribution in [-0.2, 0) is 16.1 Å². The minimum Gasteiger partial charge on any atom is -0.346 e. The van der Waals surface area contributed by atoms with Crippen molar-refractivity contribution in [1.82, 2.24) is 20.2 Å². The molecule has 6 nitrogen and oxygen atoms in total. The summed E-state index contributed by atoms with van der Waals surface area (Å²) in [6.07, 6.45) is 3.83. The highest BCUT2D eigenvalue weighted by molar-refractivity contribution is 6.05. The van der Waals surface area contributed by atoms with E-state index in [4.69, 9.17) is 0 Å². The monoisotopic (exact) mass is 258 g/mol. The Morgan fingerprint density at radius 1 is 1.53 bits per heavy atom. The maximum Gasteiger partial charge on any atom is 0.246 e. The van der Waals surface area contributed by atoms with Gasteiger partial charge in [-0.15, -0.1) is 0 Å². The van der Waals surface area contributed by atoms with Crippen LogP contribution in [0.25, 0.3) is 11.0 Å². The number of carbonyl (C=O) groups is 2. The van der Waals surface area contributed by atoms with Crippen LogP contribution < -0.4 is 5.32 Å². The van der Waals surface area contributed by atoms with E-state index in [0.717, 1.165) is 16.6 Å². The third-order valence-corrected chi connectivity index (χ3v) is 3.46. The number of rotatable bonds is 3. The van der Waals surface area contributed by atoms with Crippen LogP contribution in [0.1, 0.15) is 12.0 Å². The van der Waals surface area contributed by atoms with E-state index in [1.54, 1.807) is 6.20 Å². The van der Waals surface area contributed by atoms with Gasteiger partial charge in [0.2, 0.25) is 11.8 Å². The van der Waals surface area contributed by atoms with Crippen LogP contribution in [0.4, 0.5) is 0 Å². The van der Waals surface area contributed by atoms with Gasteiger partial charge in [0.15, 0.2) is 0 Å². The molecule has 1 atom stereocenters. The van der Waals surface area contributed by atoms with Crippen molar-refractivity contribution in [3.63, 3.8) is 0 Å². The average molecular weight is 258 g/mol. The predicted molar refractivity (Wildman–Crippen MR) is 69.1 cm³/mol. The Morgan fingerprint density at radius 2 is 2.37 bits per heavy atom. The first-order chi connectivity index (χ1) is 9.16. The minimum absolute atomic E-state index is 0.136. The highest BCUT2D eigenvalue weighted by atomic mass is 16.2. The fourth-order valence-corrected chi connectivity index (χ4v) is 2.31. The lowest BCUT2D eigenvalue weighted by Crippen LogP contribution is -2.36. The van der Waals surface area contributed by atoms with Crippen LogP contribution in [0.2, 0.25) is 0 Å². The van der Waals surface area contributed by atoms with Crippen LogP contribution >= 0.6 is 0 Å². The zero-order chi connectivity index (χ0) is 13.4. The Labute approximate surface area is 109 Å². The fraction of sp³-hybridized carbons (Fsp3) is 0.308. The number of imide groups is 1. The second-order valence-corrected chi connectivity index (χ2v) is 4.64. The smallest absolute Gasteiger partial charge is 0.246 e. The molecule has 0 aromatic carbocycles. The van der Waals surface area contributed by atoms with Gasteiger partial charge < -0.3 is 10.3 Å². The molecule has 0 saturated carbocycles. The molecule has 6 heteroatoms. The highest BCUT2D eigenvalue weighted by Crippen LogP contribution is 2.17. The number of H-pyrrole nitrogens is 1. The molecule has 1 fully saturated rings. The van der Waals surface area contributed by atoms with Crippen molar-refractivity contribution in [2.45, 2.75) is 19.0 Å². The number of aromatic nitrogens is 2. The van der Waals surface area contributed by atoms with Gasteiger partial charge in [-0.1, -0.05) is 0 Å². The van der Waals surface area contributed by atoms with Crippen LogP contribution in [0, 0.1) is 0 Å². The third kappa shape index (κ3) is 2.00. The van der Waals surface area contributed by atoms with Crippen molar-refractivity contribution in [3.05, 3.63) is 30.1 Å². The average Bonchev–Trinajstić information content (AvgIpc) is 2.94. The molecule has 0 radical (unpaired) electrons. The summed E-state index contributed by atoms with van der Waals surface area (Å²) in [5, 5.41) is 4.15. The van der Waals surface area contributed by atoms with Gasteiger partial charge in [-0.3, -0.25) is 14.5 Å². The van der Waals surface area contributed by atoms with Crippen LogP contribution in [-0.4, -0.2) is 39.8 Å². The molecule has 1 aliphatic rings. The number of fused-ring (bicyclic) bond motifs is 1. The first-order valence-electron chi connectivity index (χ1n) is 6.11. The van der Waals surface area contributed by atoms with Crippen molar-refractivity contribution in [2.75, 3.05) is 7.05 Å².